The Morgan fingerprint density at radius 3 is 2.67 bits per heavy atom. The van der Waals surface area contributed by atoms with Crippen molar-refractivity contribution in [3.8, 4) is 5.75 Å². The number of rotatable bonds is 5. The molecule has 0 fully saturated rings. The van der Waals surface area contributed by atoms with E-state index in [2.05, 4.69) is 10.1 Å². The van der Waals surface area contributed by atoms with Crippen LogP contribution in [0.5, 0.6) is 5.75 Å². The van der Waals surface area contributed by atoms with E-state index < -0.39 is 5.97 Å². The average molecular weight is 426 g/mol. The Kier molecular flexibility index (Phi) is 5.37. The highest BCUT2D eigenvalue weighted by molar-refractivity contribution is 6.31. The van der Waals surface area contributed by atoms with E-state index in [1.165, 1.54) is 19.2 Å². The van der Waals surface area contributed by atoms with E-state index in [9.17, 15) is 9.18 Å². The van der Waals surface area contributed by atoms with Gasteiger partial charge in [-0.15, -0.1) is 0 Å². The third-order valence-corrected chi connectivity index (χ3v) is 4.99. The fourth-order valence-corrected chi connectivity index (χ4v) is 3.37. The largest absolute Gasteiger partial charge is 0.496 e. The summed E-state index contributed by atoms with van der Waals surface area (Å²) in [6.45, 7) is 2.15. The predicted molar refractivity (Wildman–Crippen MR) is 111 cm³/mol. The maximum atomic E-state index is 13.1. The summed E-state index contributed by atoms with van der Waals surface area (Å²) in [6, 6.07) is 13.2. The summed E-state index contributed by atoms with van der Waals surface area (Å²) in [5.74, 6) is -0.184. The van der Waals surface area contributed by atoms with Gasteiger partial charge in [0.25, 0.3) is 0 Å². The highest BCUT2D eigenvalue weighted by atomic mass is 35.5. The van der Waals surface area contributed by atoms with Crippen molar-refractivity contribution >= 4 is 29.5 Å². The van der Waals surface area contributed by atoms with Gasteiger partial charge < -0.3 is 9.47 Å². The highest BCUT2D eigenvalue weighted by Gasteiger charge is 2.27. The average Bonchev–Trinajstić information content (AvgIpc) is 3.24. The van der Waals surface area contributed by atoms with Crippen LogP contribution in [0.15, 0.2) is 59.2 Å². The number of para-hydroxylation sites is 1. The zero-order valence-electron chi connectivity index (χ0n) is 16.2. The number of nitrogens with zero attached hydrogens (tertiary/aromatic N) is 3. The van der Waals surface area contributed by atoms with Crippen molar-refractivity contribution in [2.24, 2.45) is 4.99 Å². The first-order valence-electron chi connectivity index (χ1n) is 9.09. The molecule has 2 aromatic carbocycles. The second-order valence-electron chi connectivity index (χ2n) is 6.61. The van der Waals surface area contributed by atoms with Crippen molar-refractivity contribution in [3.05, 3.63) is 87.6 Å². The molecule has 0 saturated carbocycles. The lowest BCUT2D eigenvalue weighted by Crippen LogP contribution is -2.06. The molecule has 30 heavy (non-hydrogen) atoms. The molecule has 0 spiro atoms. The van der Waals surface area contributed by atoms with Crippen LogP contribution in [-0.2, 0) is 16.1 Å². The summed E-state index contributed by atoms with van der Waals surface area (Å²) in [4.78, 5) is 16.7. The van der Waals surface area contributed by atoms with Gasteiger partial charge in [-0.25, -0.2) is 18.9 Å². The fourth-order valence-electron chi connectivity index (χ4n) is 3.08. The van der Waals surface area contributed by atoms with Gasteiger partial charge in [0, 0.05) is 5.56 Å². The molecule has 1 aliphatic heterocycles. The number of aromatic nitrogens is 2. The van der Waals surface area contributed by atoms with Crippen LogP contribution in [0.1, 0.15) is 22.4 Å². The summed E-state index contributed by atoms with van der Waals surface area (Å²) < 4.78 is 25.3. The lowest BCUT2D eigenvalue weighted by atomic mass is 10.2. The number of ether oxygens (including phenoxy) is 2. The third-order valence-electron chi connectivity index (χ3n) is 4.59. The second kappa shape index (κ2) is 8.12. The maximum absolute atomic E-state index is 13.1. The molecule has 1 aromatic heterocycles. The van der Waals surface area contributed by atoms with Gasteiger partial charge in [-0.2, -0.15) is 5.10 Å². The molecule has 0 saturated heterocycles. The second-order valence-corrected chi connectivity index (χ2v) is 6.97. The Labute approximate surface area is 177 Å². The minimum Gasteiger partial charge on any atom is -0.496 e. The van der Waals surface area contributed by atoms with E-state index >= 15 is 0 Å². The number of aryl methyl sites for hydroxylation is 1. The maximum Gasteiger partial charge on any atom is 0.363 e. The van der Waals surface area contributed by atoms with Crippen LogP contribution in [0.25, 0.3) is 6.08 Å². The van der Waals surface area contributed by atoms with Gasteiger partial charge in [-0.3, -0.25) is 0 Å². The summed E-state index contributed by atoms with van der Waals surface area (Å²) in [6.07, 6.45) is 1.55. The summed E-state index contributed by atoms with van der Waals surface area (Å²) in [5, 5.41) is 4.77. The van der Waals surface area contributed by atoms with Crippen LogP contribution in [0.2, 0.25) is 5.15 Å². The standard InChI is InChI=1S/C22H17ClFN3O3/c1-13-17(20(23)27(26-13)12-14-7-9-15(24)10-8-14)11-18-22(28)30-21(25-18)16-5-3-4-6-19(16)29-2/h3-11H,12H2,1-2H3/b18-11+. The number of esters is 1. The number of aliphatic imine (C=N–C) groups is 1. The number of benzene rings is 2. The van der Waals surface area contributed by atoms with Crippen LogP contribution in [0.3, 0.4) is 0 Å². The molecule has 2 heterocycles. The molecule has 6 nitrogen and oxygen atoms in total. The minimum atomic E-state index is -0.586. The third kappa shape index (κ3) is 3.84. The van der Waals surface area contributed by atoms with E-state index in [0.717, 1.165) is 5.56 Å². The first-order valence-corrected chi connectivity index (χ1v) is 9.47. The summed E-state index contributed by atoms with van der Waals surface area (Å²) in [5.41, 5.74) is 2.73. The molecular formula is C22H17ClFN3O3. The van der Waals surface area contributed by atoms with E-state index in [-0.39, 0.29) is 17.4 Å². The van der Waals surface area contributed by atoms with Gasteiger partial charge in [-0.05, 0) is 42.8 Å². The molecule has 0 radical (unpaired) electrons. The summed E-state index contributed by atoms with van der Waals surface area (Å²) in [7, 11) is 1.53. The molecule has 0 aliphatic carbocycles. The van der Waals surface area contributed by atoms with Crippen molar-refractivity contribution < 1.29 is 18.7 Å². The highest BCUT2D eigenvalue weighted by Crippen LogP contribution is 2.28. The number of carbonyl (C=O) groups is 1. The van der Waals surface area contributed by atoms with Crippen LogP contribution in [0.4, 0.5) is 4.39 Å². The molecule has 0 bridgehead atoms. The molecule has 3 aromatic rings. The van der Waals surface area contributed by atoms with Crippen LogP contribution in [-0.4, -0.2) is 28.8 Å². The number of hydrogen-bond acceptors (Lipinski definition) is 5. The topological polar surface area (TPSA) is 65.7 Å². The Morgan fingerprint density at radius 2 is 1.93 bits per heavy atom. The number of carbonyl (C=O) groups excluding carboxylic acids is 1. The number of cyclic esters (lactones) is 1. The van der Waals surface area contributed by atoms with Crippen LogP contribution in [0, 0.1) is 12.7 Å². The smallest absolute Gasteiger partial charge is 0.363 e. The van der Waals surface area contributed by atoms with Gasteiger partial charge in [0.1, 0.15) is 16.7 Å². The zero-order valence-corrected chi connectivity index (χ0v) is 17.0. The lowest BCUT2D eigenvalue weighted by molar-refractivity contribution is -0.129. The molecular weight excluding hydrogens is 409 g/mol. The number of halogens is 2. The van der Waals surface area contributed by atoms with Gasteiger partial charge in [0.05, 0.1) is 24.9 Å². The zero-order chi connectivity index (χ0) is 21.3. The van der Waals surface area contributed by atoms with Crippen molar-refractivity contribution in [1.29, 1.82) is 0 Å². The van der Waals surface area contributed by atoms with Gasteiger partial charge in [0.15, 0.2) is 5.70 Å². The van der Waals surface area contributed by atoms with Gasteiger partial charge in [0.2, 0.25) is 5.90 Å². The van der Waals surface area contributed by atoms with E-state index in [0.29, 0.717) is 34.3 Å². The minimum absolute atomic E-state index is 0.113. The first kappa shape index (κ1) is 19.8. The first-order chi connectivity index (χ1) is 14.5. The molecule has 4 rings (SSSR count). The van der Waals surface area contributed by atoms with E-state index in [1.807, 2.05) is 6.07 Å². The molecule has 0 amide bonds. The Bertz CT molecular complexity index is 1180. The van der Waals surface area contributed by atoms with Crippen molar-refractivity contribution in [1.82, 2.24) is 9.78 Å². The van der Waals surface area contributed by atoms with Gasteiger partial charge in [-0.1, -0.05) is 35.9 Å². The molecule has 0 unspecified atom stereocenters. The van der Waals surface area contributed by atoms with Crippen molar-refractivity contribution in [2.45, 2.75) is 13.5 Å². The molecule has 1 aliphatic rings. The Hall–Kier alpha value is -3.45. The van der Waals surface area contributed by atoms with E-state index in [4.69, 9.17) is 21.1 Å². The SMILES string of the molecule is COc1ccccc1C1=N/C(=C/c2c(C)nn(Cc3ccc(F)cc3)c2Cl)C(=O)O1. The lowest BCUT2D eigenvalue weighted by Gasteiger charge is -2.05. The monoisotopic (exact) mass is 425 g/mol. The predicted octanol–water partition coefficient (Wildman–Crippen LogP) is 4.39. The van der Waals surface area contributed by atoms with E-state index in [1.54, 1.807) is 48.0 Å². The number of hydrogen-bond donors (Lipinski definition) is 0. The van der Waals surface area contributed by atoms with Crippen LogP contribution < -0.4 is 4.74 Å². The quantitative estimate of drug-likeness (QED) is 0.449. The van der Waals surface area contributed by atoms with Crippen LogP contribution >= 0.6 is 11.6 Å². The molecule has 8 heteroatoms. The summed E-state index contributed by atoms with van der Waals surface area (Å²) >= 11 is 6.50. The molecule has 0 N–H and O–H groups in total. The van der Waals surface area contributed by atoms with Crippen molar-refractivity contribution in [3.63, 3.8) is 0 Å². The molecule has 152 valence electrons. The molecule has 0 atom stereocenters. The Morgan fingerprint density at radius 1 is 1.20 bits per heavy atom. The van der Waals surface area contributed by atoms with Gasteiger partial charge >= 0.3 is 5.97 Å². The number of methoxy groups -OCH3 is 1. The normalized spacial score (nSPS) is 14.7. The Balaban J connectivity index is 1.66. The fraction of sp³-hybridized carbons (Fsp3) is 0.136. The van der Waals surface area contributed by atoms with Crippen molar-refractivity contribution in [2.75, 3.05) is 7.11 Å².